The van der Waals surface area contributed by atoms with Crippen molar-refractivity contribution in [2.24, 2.45) is 0 Å². The Hall–Kier alpha value is -2.51. The first kappa shape index (κ1) is 22.3. The molecule has 0 radical (unpaired) electrons. The number of H-pyrrole nitrogens is 1. The van der Waals surface area contributed by atoms with E-state index in [0.29, 0.717) is 17.3 Å². The Bertz CT molecular complexity index is 1150. The van der Waals surface area contributed by atoms with E-state index in [9.17, 15) is 13.2 Å². The van der Waals surface area contributed by atoms with Crippen molar-refractivity contribution in [1.29, 1.82) is 0 Å². The van der Waals surface area contributed by atoms with Crippen LogP contribution in [0.1, 0.15) is 18.4 Å². The second-order valence-corrected chi connectivity index (χ2v) is 11.0. The van der Waals surface area contributed by atoms with Crippen LogP contribution >= 0.6 is 7.92 Å². The third-order valence-electron chi connectivity index (χ3n) is 6.41. The highest BCUT2D eigenvalue weighted by Gasteiger charge is 2.35. The Balaban J connectivity index is 1.38. The van der Waals surface area contributed by atoms with E-state index in [1.165, 1.54) is 43.6 Å². The number of aromatic nitrogens is 2. The predicted octanol–water partition coefficient (Wildman–Crippen LogP) is 4.96. The molecule has 3 N–H and O–H groups in total. The second-order valence-electron chi connectivity index (χ2n) is 8.49. The number of fused-ring (bicyclic) bond motifs is 1. The first-order valence-electron chi connectivity index (χ1n) is 11.1. The fourth-order valence-electron chi connectivity index (χ4n) is 4.52. The Morgan fingerprint density at radius 1 is 1.15 bits per heavy atom. The van der Waals surface area contributed by atoms with E-state index in [4.69, 9.17) is 4.74 Å². The number of hydrogen-bond donors (Lipinski definition) is 3. The summed E-state index contributed by atoms with van der Waals surface area (Å²) in [5.74, 6) is 1.13. The van der Waals surface area contributed by atoms with Gasteiger partial charge >= 0.3 is 6.18 Å². The van der Waals surface area contributed by atoms with Crippen LogP contribution in [0, 0.1) is 0 Å². The zero-order chi connectivity index (χ0) is 23.2. The highest BCUT2D eigenvalue weighted by atomic mass is 31.1. The van der Waals surface area contributed by atoms with Gasteiger partial charge in [-0.3, -0.25) is 4.90 Å². The van der Waals surface area contributed by atoms with E-state index in [2.05, 4.69) is 37.6 Å². The molecule has 2 aromatic heterocycles. The van der Waals surface area contributed by atoms with Gasteiger partial charge in [0.2, 0.25) is 0 Å². The topological polar surface area (TPSA) is 65.2 Å². The quantitative estimate of drug-likeness (QED) is 0.438. The number of nitrogens with zero attached hydrogens (tertiary/aromatic N) is 2. The number of aromatic amines is 1. The van der Waals surface area contributed by atoms with E-state index < -0.39 is 11.7 Å². The molecule has 3 heterocycles. The van der Waals surface area contributed by atoms with Crippen molar-refractivity contribution in [1.82, 2.24) is 14.9 Å². The Morgan fingerprint density at radius 3 is 2.55 bits per heavy atom. The minimum absolute atomic E-state index is 0.0261. The number of halogens is 3. The maximum atomic E-state index is 13.4. The van der Waals surface area contributed by atoms with Crippen LogP contribution in [0.4, 0.5) is 30.4 Å². The third-order valence-corrected chi connectivity index (χ3v) is 8.90. The van der Waals surface area contributed by atoms with Gasteiger partial charge in [-0.1, -0.05) is 14.0 Å². The molecule has 0 amide bonds. The minimum atomic E-state index is -4.46. The summed E-state index contributed by atoms with van der Waals surface area (Å²) in [6.07, 6.45) is 1.60. The number of rotatable bonds is 6. The predicted molar refractivity (Wildman–Crippen MR) is 128 cm³/mol. The number of methoxy groups -OCH3 is 1. The molecule has 0 spiro atoms. The van der Waals surface area contributed by atoms with Crippen LogP contribution in [0.3, 0.4) is 0 Å². The van der Waals surface area contributed by atoms with Gasteiger partial charge in [0, 0.05) is 44.1 Å². The Kier molecular flexibility index (Phi) is 5.87. The molecule has 1 aromatic carbocycles. The van der Waals surface area contributed by atoms with Gasteiger partial charge in [0.25, 0.3) is 0 Å². The second kappa shape index (κ2) is 8.69. The van der Waals surface area contributed by atoms with Gasteiger partial charge in [-0.05, 0) is 42.6 Å². The first-order chi connectivity index (χ1) is 15.9. The molecule has 6 nitrogen and oxygen atoms in total. The molecule has 176 valence electrons. The summed E-state index contributed by atoms with van der Waals surface area (Å²) in [6.45, 7) is 2.34. The van der Waals surface area contributed by atoms with E-state index in [0.717, 1.165) is 17.9 Å². The lowest BCUT2D eigenvalue weighted by molar-refractivity contribution is -0.136. The molecule has 33 heavy (non-hydrogen) atoms. The number of hydrogen-bond acceptors (Lipinski definition) is 5. The first-order valence-corrected chi connectivity index (χ1v) is 12.8. The van der Waals surface area contributed by atoms with Gasteiger partial charge in [-0.2, -0.15) is 13.2 Å². The van der Waals surface area contributed by atoms with E-state index in [-0.39, 0.29) is 19.0 Å². The molecular weight excluding hydrogens is 450 g/mol. The molecule has 3 aromatic rings. The number of pyridine rings is 1. The normalized spacial score (nSPS) is 18.0. The van der Waals surface area contributed by atoms with Crippen molar-refractivity contribution in [3.8, 4) is 5.75 Å². The average molecular weight is 477 g/mol. The SMILES string of the molecule is CNc1cc(Nc2ccc(P3CCN(C4CC4)CC3)cc2OC)nc2[nH]cc(C(F)(F)F)c12. The van der Waals surface area contributed by atoms with Crippen LogP contribution < -0.4 is 20.7 Å². The lowest BCUT2D eigenvalue weighted by atomic mass is 10.1. The van der Waals surface area contributed by atoms with Crippen LogP contribution in [0.5, 0.6) is 5.75 Å². The molecule has 2 aliphatic rings. The van der Waals surface area contributed by atoms with Gasteiger partial charge in [-0.25, -0.2) is 4.98 Å². The summed E-state index contributed by atoms with van der Waals surface area (Å²) in [5.41, 5.74) is 0.498. The van der Waals surface area contributed by atoms with Gasteiger partial charge in [-0.15, -0.1) is 0 Å². The van der Waals surface area contributed by atoms with Gasteiger partial charge in [0.05, 0.1) is 23.7 Å². The summed E-state index contributed by atoms with van der Waals surface area (Å²) >= 11 is 0. The average Bonchev–Trinajstić information content (AvgIpc) is 3.56. The van der Waals surface area contributed by atoms with Crippen LogP contribution in [0.2, 0.25) is 0 Å². The maximum absolute atomic E-state index is 13.4. The van der Waals surface area contributed by atoms with Gasteiger partial charge in [0.15, 0.2) is 0 Å². The van der Waals surface area contributed by atoms with Gasteiger partial charge in [0.1, 0.15) is 17.2 Å². The van der Waals surface area contributed by atoms with Crippen molar-refractivity contribution in [3.05, 3.63) is 36.0 Å². The molecule has 1 saturated carbocycles. The number of benzene rings is 1. The van der Waals surface area contributed by atoms with Crippen molar-refractivity contribution >= 4 is 41.5 Å². The number of ether oxygens (including phenoxy) is 1. The summed E-state index contributed by atoms with van der Waals surface area (Å²) in [7, 11) is 3.01. The third kappa shape index (κ3) is 4.49. The summed E-state index contributed by atoms with van der Waals surface area (Å²) in [4.78, 5) is 9.64. The van der Waals surface area contributed by atoms with Crippen LogP contribution in [0.15, 0.2) is 30.5 Å². The van der Waals surface area contributed by atoms with E-state index in [1.54, 1.807) is 20.2 Å². The molecule has 5 rings (SSSR count). The minimum Gasteiger partial charge on any atom is -0.495 e. The summed E-state index contributed by atoms with van der Waals surface area (Å²) in [6, 6.07) is 8.61. The molecular formula is C23H27F3N5OP. The molecule has 0 atom stereocenters. The largest absolute Gasteiger partial charge is 0.495 e. The number of alkyl halides is 3. The molecule has 0 bridgehead atoms. The molecule has 2 fully saturated rings. The molecule has 1 aliphatic carbocycles. The maximum Gasteiger partial charge on any atom is 0.418 e. The molecule has 1 saturated heterocycles. The zero-order valence-electron chi connectivity index (χ0n) is 18.6. The fraction of sp³-hybridized carbons (Fsp3) is 0.435. The molecule has 10 heteroatoms. The van der Waals surface area contributed by atoms with Crippen LogP contribution in [-0.4, -0.2) is 60.5 Å². The number of anilines is 3. The van der Waals surface area contributed by atoms with Crippen molar-refractivity contribution < 1.29 is 17.9 Å². The van der Waals surface area contributed by atoms with Crippen molar-refractivity contribution in [2.45, 2.75) is 25.1 Å². The number of nitrogens with one attached hydrogen (secondary N) is 3. The van der Waals surface area contributed by atoms with E-state index >= 15 is 0 Å². The molecule has 0 unspecified atom stereocenters. The standard InChI is InChI=1S/C23H27F3N5OP/c1-27-18-12-20(30-22-21(18)16(13-28-22)23(24,25)26)29-17-6-5-15(11-19(17)32-2)33-9-7-31(8-10-33)14-3-4-14/h5-6,11-14H,3-4,7-10H2,1-2H3,(H3,27,28,29,30). The van der Waals surface area contributed by atoms with Crippen LogP contribution in [-0.2, 0) is 6.18 Å². The summed E-state index contributed by atoms with van der Waals surface area (Å²) in [5, 5.41) is 7.43. The monoisotopic (exact) mass is 477 g/mol. The lowest BCUT2D eigenvalue weighted by Gasteiger charge is -2.32. The van der Waals surface area contributed by atoms with Crippen molar-refractivity contribution in [2.75, 3.05) is 50.2 Å². The summed E-state index contributed by atoms with van der Waals surface area (Å²) < 4.78 is 45.7. The molecule has 1 aliphatic heterocycles. The Labute approximate surface area is 191 Å². The smallest absolute Gasteiger partial charge is 0.418 e. The zero-order valence-corrected chi connectivity index (χ0v) is 19.5. The Morgan fingerprint density at radius 2 is 1.91 bits per heavy atom. The van der Waals surface area contributed by atoms with E-state index in [1.807, 2.05) is 6.07 Å². The van der Waals surface area contributed by atoms with Crippen molar-refractivity contribution in [3.63, 3.8) is 0 Å². The van der Waals surface area contributed by atoms with Crippen LogP contribution in [0.25, 0.3) is 11.0 Å². The lowest BCUT2D eigenvalue weighted by Crippen LogP contribution is -2.37. The highest BCUT2D eigenvalue weighted by Crippen LogP contribution is 2.42. The van der Waals surface area contributed by atoms with Gasteiger partial charge < -0.3 is 20.4 Å². The highest BCUT2D eigenvalue weighted by molar-refractivity contribution is 7.65. The fourth-order valence-corrected chi connectivity index (χ4v) is 6.84.